The monoisotopic (exact) mass is 521 g/mol. The van der Waals surface area contributed by atoms with Crippen molar-refractivity contribution in [2.75, 3.05) is 45.8 Å². The molecule has 0 fully saturated rings. The third-order valence-electron chi connectivity index (χ3n) is 6.00. The number of benzene rings is 2. The highest BCUT2D eigenvalue weighted by atomic mass is 16.5. The van der Waals surface area contributed by atoms with Gasteiger partial charge in [0.05, 0.1) is 18.1 Å². The summed E-state index contributed by atoms with van der Waals surface area (Å²) in [7, 11) is 5.38. The van der Waals surface area contributed by atoms with Crippen molar-refractivity contribution in [3.8, 4) is 11.5 Å². The van der Waals surface area contributed by atoms with Crippen molar-refractivity contribution in [2.45, 2.75) is 13.1 Å². The van der Waals surface area contributed by atoms with Gasteiger partial charge in [0.15, 0.2) is 0 Å². The molecule has 0 radical (unpaired) electrons. The molecule has 0 aliphatic heterocycles. The van der Waals surface area contributed by atoms with E-state index in [1.165, 1.54) is 7.11 Å². The van der Waals surface area contributed by atoms with Gasteiger partial charge >= 0.3 is 0 Å². The van der Waals surface area contributed by atoms with Crippen LogP contribution in [-0.2, 0) is 13.1 Å². The van der Waals surface area contributed by atoms with E-state index in [9.17, 15) is 9.59 Å². The number of likely N-dealkylation sites (N-methyl/N-ethyl adjacent to an activating group) is 1. The molecule has 0 atom stereocenters. The molecule has 0 saturated carbocycles. The molecule has 0 aliphatic rings. The fourth-order valence-corrected chi connectivity index (χ4v) is 4.11. The minimum Gasteiger partial charge on any atom is -0.494 e. The number of imidazole rings is 2. The zero-order valence-electron chi connectivity index (χ0n) is 21.5. The highest BCUT2D eigenvalue weighted by Gasteiger charge is 2.18. The fourth-order valence-electron chi connectivity index (χ4n) is 4.11. The number of amides is 2. The highest BCUT2D eigenvalue weighted by molar-refractivity contribution is 5.99. The van der Waals surface area contributed by atoms with E-state index in [1.54, 1.807) is 33.4 Å². The molecule has 4 aromatic rings. The maximum atomic E-state index is 11.8. The van der Waals surface area contributed by atoms with Crippen LogP contribution in [-0.4, -0.2) is 70.2 Å². The average molecular weight is 522 g/mol. The van der Waals surface area contributed by atoms with E-state index in [4.69, 9.17) is 32.4 Å². The normalized spacial score (nSPS) is 11.7. The SMILES string of the molecule is COc1cc(C(N)=O)cc2nc(N)n(C/C=C/Cn3c(N)nc4cc(C(N)=O)cc(OCCN(C)C)c43)c12. The number of methoxy groups -OCH3 is 1. The summed E-state index contributed by atoms with van der Waals surface area (Å²) in [6.45, 7) is 1.82. The zero-order chi connectivity index (χ0) is 27.6. The Bertz CT molecular complexity index is 1550. The van der Waals surface area contributed by atoms with Crippen LogP contribution in [0.15, 0.2) is 36.4 Å². The number of hydrogen-bond acceptors (Lipinski definition) is 9. The number of nitrogen functional groups attached to an aromatic ring is 2. The number of carbonyl (C=O) groups is 2. The molecule has 0 aliphatic carbocycles. The fraction of sp³-hybridized carbons (Fsp3) is 0.280. The van der Waals surface area contributed by atoms with Gasteiger partial charge in [-0.2, -0.15) is 0 Å². The lowest BCUT2D eigenvalue weighted by atomic mass is 10.1. The number of aromatic nitrogens is 4. The van der Waals surface area contributed by atoms with Crippen LogP contribution in [0.1, 0.15) is 20.7 Å². The molecular formula is C25H31N9O4. The third kappa shape index (κ3) is 5.18. The Kier molecular flexibility index (Phi) is 7.39. The maximum absolute atomic E-state index is 11.8. The van der Waals surface area contributed by atoms with E-state index in [0.717, 1.165) is 0 Å². The molecule has 13 nitrogen and oxygen atoms in total. The molecule has 0 saturated heterocycles. The van der Waals surface area contributed by atoms with E-state index >= 15 is 0 Å². The number of carbonyl (C=O) groups excluding carboxylic acids is 2. The first-order valence-electron chi connectivity index (χ1n) is 11.8. The number of nitrogens with zero attached hydrogens (tertiary/aromatic N) is 5. The summed E-state index contributed by atoms with van der Waals surface area (Å²) < 4.78 is 15.0. The topological polar surface area (TPSA) is 196 Å². The standard InChI is InChI=1S/C25H31N9O4/c1-32(2)8-9-38-19-13-15(23(27)36)11-17-21(19)34(25(29)31-17)7-5-4-6-33-20-16(30-24(33)28)10-14(22(26)35)12-18(20)37-3/h4-5,10-13H,6-9H2,1-3H3,(H2,26,35)(H2,27,36)(H2,28,30)(H2,29,31)/b5-4+. The molecule has 13 heteroatoms. The van der Waals surface area contributed by atoms with Crippen molar-refractivity contribution >= 4 is 45.8 Å². The van der Waals surface area contributed by atoms with Crippen LogP contribution >= 0.6 is 0 Å². The Balaban J connectivity index is 1.63. The van der Waals surface area contributed by atoms with Crippen molar-refractivity contribution in [1.29, 1.82) is 0 Å². The van der Waals surface area contributed by atoms with Crippen LogP contribution in [0, 0.1) is 0 Å². The Labute approximate surface area is 218 Å². The maximum Gasteiger partial charge on any atom is 0.248 e. The van der Waals surface area contributed by atoms with Crippen LogP contribution in [0.2, 0.25) is 0 Å². The number of hydrogen-bond donors (Lipinski definition) is 4. The minimum absolute atomic E-state index is 0.257. The van der Waals surface area contributed by atoms with Crippen LogP contribution in [0.5, 0.6) is 11.5 Å². The van der Waals surface area contributed by atoms with Crippen molar-refractivity contribution in [3.63, 3.8) is 0 Å². The molecule has 2 heterocycles. The van der Waals surface area contributed by atoms with E-state index in [2.05, 4.69) is 9.97 Å². The Morgan fingerprint density at radius 2 is 1.34 bits per heavy atom. The van der Waals surface area contributed by atoms with Crippen molar-refractivity contribution in [2.24, 2.45) is 11.5 Å². The smallest absolute Gasteiger partial charge is 0.248 e. The highest BCUT2D eigenvalue weighted by Crippen LogP contribution is 2.31. The van der Waals surface area contributed by atoms with E-state index < -0.39 is 11.8 Å². The molecule has 0 spiro atoms. The van der Waals surface area contributed by atoms with Crippen molar-refractivity contribution in [1.82, 2.24) is 24.0 Å². The number of anilines is 2. The number of primary amides is 2. The van der Waals surface area contributed by atoms with Gasteiger partial charge in [0.25, 0.3) is 0 Å². The Morgan fingerprint density at radius 3 is 1.79 bits per heavy atom. The second-order valence-corrected chi connectivity index (χ2v) is 8.90. The van der Waals surface area contributed by atoms with Gasteiger partial charge in [-0.25, -0.2) is 9.97 Å². The lowest BCUT2D eigenvalue weighted by molar-refractivity contribution is 0.0991. The number of rotatable bonds is 11. The van der Waals surface area contributed by atoms with Gasteiger partial charge in [-0.05, 0) is 38.4 Å². The van der Waals surface area contributed by atoms with Crippen LogP contribution < -0.4 is 32.4 Å². The largest absolute Gasteiger partial charge is 0.494 e. The van der Waals surface area contributed by atoms with E-state index in [1.807, 2.05) is 31.1 Å². The van der Waals surface area contributed by atoms with Gasteiger partial charge < -0.3 is 46.4 Å². The molecule has 200 valence electrons. The second kappa shape index (κ2) is 10.7. The van der Waals surface area contributed by atoms with Gasteiger partial charge in [0.2, 0.25) is 23.7 Å². The molecule has 2 aromatic heterocycles. The Morgan fingerprint density at radius 1 is 0.868 bits per heavy atom. The van der Waals surface area contributed by atoms with Gasteiger partial charge in [-0.15, -0.1) is 0 Å². The van der Waals surface area contributed by atoms with Gasteiger partial charge in [-0.3, -0.25) is 9.59 Å². The summed E-state index contributed by atoms with van der Waals surface area (Å²) in [5.41, 5.74) is 26.2. The summed E-state index contributed by atoms with van der Waals surface area (Å²) in [6.07, 6.45) is 3.80. The summed E-state index contributed by atoms with van der Waals surface area (Å²) in [5, 5.41) is 0. The first-order valence-corrected chi connectivity index (χ1v) is 11.8. The predicted molar refractivity (Wildman–Crippen MR) is 145 cm³/mol. The van der Waals surface area contributed by atoms with Crippen molar-refractivity contribution in [3.05, 3.63) is 47.5 Å². The van der Waals surface area contributed by atoms with E-state index in [-0.39, 0.29) is 23.0 Å². The first kappa shape index (κ1) is 26.3. The molecule has 2 amide bonds. The summed E-state index contributed by atoms with van der Waals surface area (Å²) in [4.78, 5) is 34.2. The van der Waals surface area contributed by atoms with Crippen LogP contribution in [0.3, 0.4) is 0 Å². The van der Waals surface area contributed by atoms with Gasteiger partial charge in [0, 0.05) is 30.8 Å². The van der Waals surface area contributed by atoms with Gasteiger partial charge in [0.1, 0.15) is 29.1 Å². The molecule has 2 aromatic carbocycles. The number of nitrogens with two attached hydrogens (primary N) is 4. The summed E-state index contributed by atoms with van der Waals surface area (Å²) >= 11 is 0. The lowest BCUT2D eigenvalue weighted by Gasteiger charge is -2.14. The lowest BCUT2D eigenvalue weighted by Crippen LogP contribution is -2.20. The third-order valence-corrected chi connectivity index (χ3v) is 6.00. The second-order valence-electron chi connectivity index (χ2n) is 8.90. The average Bonchev–Trinajstić information content (AvgIpc) is 3.35. The van der Waals surface area contributed by atoms with Crippen LogP contribution in [0.4, 0.5) is 11.9 Å². The summed E-state index contributed by atoms with van der Waals surface area (Å²) in [5.74, 6) is 0.251. The minimum atomic E-state index is -0.587. The number of ether oxygens (including phenoxy) is 2. The molecule has 4 rings (SSSR count). The molecule has 38 heavy (non-hydrogen) atoms. The first-order chi connectivity index (χ1) is 18.1. The van der Waals surface area contributed by atoms with Gasteiger partial charge in [-0.1, -0.05) is 12.2 Å². The van der Waals surface area contributed by atoms with Crippen molar-refractivity contribution < 1.29 is 19.1 Å². The number of allylic oxidation sites excluding steroid dienone is 2. The quantitative estimate of drug-likeness (QED) is 0.208. The molecular weight excluding hydrogens is 490 g/mol. The molecule has 0 bridgehead atoms. The summed E-state index contributed by atoms with van der Waals surface area (Å²) in [6, 6.07) is 6.33. The zero-order valence-corrected chi connectivity index (χ0v) is 21.5. The molecule has 0 unspecified atom stereocenters. The van der Waals surface area contributed by atoms with E-state index in [0.29, 0.717) is 59.8 Å². The van der Waals surface area contributed by atoms with Crippen LogP contribution in [0.25, 0.3) is 22.1 Å². The number of fused-ring (bicyclic) bond motifs is 2. The Hall–Kier alpha value is -4.78. The molecule has 8 N–H and O–H groups in total. The predicted octanol–water partition coefficient (Wildman–Crippen LogP) is 0.954.